The largest absolute Gasteiger partial charge is 0.380 e. The monoisotopic (exact) mass is 202 g/mol. The van der Waals surface area contributed by atoms with Crippen molar-refractivity contribution in [2.75, 3.05) is 19.8 Å². The third-order valence-electron chi connectivity index (χ3n) is 2.70. The van der Waals surface area contributed by atoms with Crippen molar-refractivity contribution in [2.45, 2.75) is 38.8 Å². The van der Waals surface area contributed by atoms with Crippen LogP contribution in [-0.4, -0.2) is 32.0 Å². The summed E-state index contributed by atoms with van der Waals surface area (Å²) >= 11 is 0. The molecule has 1 aliphatic heterocycles. The van der Waals surface area contributed by atoms with Crippen LogP contribution in [-0.2, 0) is 9.47 Å². The SMILES string of the molecule is CCCOCC(NN)C1OCCC1C. The second-order valence-electron chi connectivity index (χ2n) is 3.95. The van der Waals surface area contributed by atoms with E-state index in [1.54, 1.807) is 0 Å². The molecule has 0 radical (unpaired) electrons. The second-order valence-corrected chi connectivity index (χ2v) is 3.95. The lowest BCUT2D eigenvalue weighted by molar-refractivity contribution is 0.0168. The molecular weight excluding hydrogens is 180 g/mol. The van der Waals surface area contributed by atoms with E-state index in [9.17, 15) is 0 Å². The van der Waals surface area contributed by atoms with Gasteiger partial charge in [-0.2, -0.15) is 0 Å². The Morgan fingerprint density at radius 2 is 2.43 bits per heavy atom. The average molecular weight is 202 g/mol. The molecule has 0 amide bonds. The van der Waals surface area contributed by atoms with Crippen LogP contribution < -0.4 is 11.3 Å². The number of nitrogens with one attached hydrogen (secondary N) is 1. The van der Waals surface area contributed by atoms with Crippen LogP contribution in [0, 0.1) is 5.92 Å². The lowest BCUT2D eigenvalue weighted by atomic mass is 9.98. The smallest absolute Gasteiger partial charge is 0.0790 e. The maximum absolute atomic E-state index is 5.63. The highest BCUT2D eigenvalue weighted by molar-refractivity contribution is 4.83. The Bertz CT molecular complexity index is 155. The van der Waals surface area contributed by atoms with Crippen LogP contribution in [0.2, 0.25) is 0 Å². The first-order chi connectivity index (χ1) is 6.79. The van der Waals surface area contributed by atoms with Crippen molar-refractivity contribution in [3.63, 3.8) is 0 Å². The van der Waals surface area contributed by atoms with Crippen molar-refractivity contribution in [3.8, 4) is 0 Å². The van der Waals surface area contributed by atoms with Crippen LogP contribution in [0.4, 0.5) is 0 Å². The first-order valence-electron chi connectivity index (χ1n) is 5.45. The van der Waals surface area contributed by atoms with E-state index in [1.807, 2.05) is 0 Å². The Morgan fingerprint density at radius 1 is 1.64 bits per heavy atom. The van der Waals surface area contributed by atoms with Crippen molar-refractivity contribution in [1.82, 2.24) is 5.43 Å². The molecule has 3 N–H and O–H groups in total. The van der Waals surface area contributed by atoms with E-state index in [0.29, 0.717) is 12.5 Å². The van der Waals surface area contributed by atoms with Crippen LogP contribution in [0.15, 0.2) is 0 Å². The molecule has 1 saturated heterocycles. The van der Waals surface area contributed by atoms with Gasteiger partial charge in [-0.1, -0.05) is 13.8 Å². The van der Waals surface area contributed by atoms with Gasteiger partial charge in [0, 0.05) is 13.2 Å². The van der Waals surface area contributed by atoms with Crippen LogP contribution in [0.3, 0.4) is 0 Å². The summed E-state index contributed by atoms with van der Waals surface area (Å²) in [5.74, 6) is 6.06. The van der Waals surface area contributed by atoms with Gasteiger partial charge in [0.1, 0.15) is 0 Å². The molecule has 14 heavy (non-hydrogen) atoms. The second kappa shape index (κ2) is 6.35. The average Bonchev–Trinajstić information content (AvgIpc) is 2.60. The molecular formula is C10H22N2O2. The molecule has 0 spiro atoms. The molecule has 1 rings (SSSR count). The Morgan fingerprint density at radius 3 is 2.93 bits per heavy atom. The standard InChI is InChI=1S/C10H22N2O2/c1-3-5-13-7-9(12-11)10-8(2)4-6-14-10/h8-10,12H,3-7,11H2,1-2H3. The van der Waals surface area contributed by atoms with E-state index in [1.165, 1.54) is 0 Å². The molecule has 0 aromatic rings. The maximum atomic E-state index is 5.63. The molecule has 0 aliphatic carbocycles. The molecule has 1 heterocycles. The first-order valence-corrected chi connectivity index (χ1v) is 5.45. The highest BCUT2D eigenvalue weighted by Gasteiger charge is 2.31. The zero-order chi connectivity index (χ0) is 10.4. The third kappa shape index (κ3) is 3.20. The summed E-state index contributed by atoms with van der Waals surface area (Å²) in [4.78, 5) is 0. The highest BCUT2D eigenvalue weighted by Crippen LogP contribution is 2.22. The van der Waals surface area contributed by atoms with E-state index in [4.69, 9.17) is 15.3 Å². The molecule has 0 aromatic carbocycles. The van der Waals surface area contributed by atoms with E-state index in [2.05, 4.69) is 19.3 Å². The predicted octanol–water partition coefficient (Wildman–Crippen LogP) is 0.670. The van der Waals surface area contributed by atoms with Gasteiger partial charge in [-0.3, -0.25) is 11.3 Å². The van der Waals surface area contributed by atoms with E-state index in [-0.39, 0.29) is 12.1 Å². The van der Waals surface area contributed by atoms with Gasteiger partial charge >= 0.3 is 0 Å². The fourth-order valence-electron chi connectivity index (χ4n) is 1.82. The minimum atomic E-state index is 0.124. The maximum Gasteiger partial charge on any atom is 0.0790 e. The summed E-state index contributed by atoms with van der Waals surface area (Å²) in [6.07, 6.45) is 2.37. The number of hydrogen-bond donors (Lipinski definition) is 2. The Kier molecular flexibility index (Phi) is 5.40. The number of hydrogen-bond acceptors (Lipinski definition) is 4. The zero-order valence-electron chi connectivity index (χ0n) is 9.16. The molecule has 1 fully saturated rings. The summed E-state index contributed by atoms with van der Waals surface area (Å²) in [5, 5.41) is 0. The van der Waals surface area contributed by atoms with Crippen LogP contribution >= 0.6 is 0 Å². The van der Waals surface area contributed by atoms with Gasteiger partial charge in [0.15, 0.2) is 0 Å². The number of nitrogens with two attached hydrogens (primary N) is 1. The lowest BCUT2D eigenvalue weighted by Gasteiger charge is -2.25. The predicted molar refractivity (Wildman–Crippen MR) is 55.7 cm³/mol. The summed E-state index contributed by atoms with van der Waals surface area (Å²) < 4.78 is 11.1. The number of rotatable bonds is 6. The van der Waals surface area contributed by atoms with Gasteiger partial charge in [0.05, 0.1) is 18.8 Å². The summed E-state index contributed by atoms with van der Waals surface area (Å²) in [6, 6.07) is 0.124. The summed E-state index contributed by atoms with van der Waals surface area (Å²) in [5.41, 5.74) is 2.78. The molecule has 0 aromatic heterocycles. The van der Waals surface area contributed by atoms with Gasteiger partial charge in [0.2, 0.25) is 0 Å². The Labute approximate surface area is 86.1 Å². The van der Waals surface area contributed by atoms with Crippen LogP contribution in [0.5, 0.6) is 0 Å². The Hall–Kier alpha value is -0.160. The normalized spacial score (nSPS) is 29.4. The first kappa shape index (κ1) is 11.9. The van der Waals surface area contributed by atoms with Crippen molar-refractivity contribution < 1.29 is 9.47 Å². The fourth-order valence-corrected chi connectivity index (χ4v) is 1.82. The molecule has 3 atom stereocenters. The van der Waals surface area contributed by atoms with Crippen molar-refractivity contribution >= 4 is 0 Å². The molecule has 4 heteroatoms. The molecule has 0 saturated carbocycles. The van der Waals surface area contributed by atoms with Crippen LogP contribution in [0.25, 0.3) is 0 Å². The molecule has 3 unspecified atom stereocenters. The van der Waals surface area contributed by atoms with Gasteiger partial charge in [-0.05, 0) is 18.8 Å². The quantitative estimate of drug-likeness (QED) is 0.377. The van der Waals surface area contributed by atoms with Crippen molar-refractivity contribution in [3.05, 3.63) is 0 Å². The highest BCUT2D eigenvalue weighted by atomic mass is 16.5. The van der Waals surface area contributed by atoms with Crippen LogP contribution in [0.1, 0.15) is 26.7 Å². The van der Waals surface area contributed by atoms with Gasteiger partial charge in [-0.25, -0.2) is 0 Å². The van der Waals surface area contributed by atoms with Gasteiger partial charge in [-0.15, -0.1) is 0 Å². The van der Waals surface area contributed by atoms with Crippen molar-refractivity contribution in [2.24, 2.45) is 11.8 Å². The minimum absolute atomic E-state index is 0.124. The number of hydrazine groups is 1. The molecule has 4 nitrogen and oxygen atoms in total. The third-order valence-corrected chi connectivity index (χ3v) is 2.70. The molecule has 1 aliphatic rings. The van der Waals surface area contributed by atoms with Gasteiger partial charge < -0.3 is 9.47 Å². The minimum Gasteiger partial charge on any atom is -0.380 e. The zero-order valence-corrected chi connectivity index (χ0v) is 9.16. The van der Waals surface area contributed by atoms with Crippen molar-refractivity contribution in [1.29, 1.82) is 0 Å². The molecule has 84 valence electrons. The summed E-state index contributed by atoms with van der Waals surface area (Å²) in [7, 11) is 0. The van der Waals surface area contributed by atoms with E-state index < -0.39 is 0 Å². The fraction of sp³-hybridized carbons (Fsp3) is 1.00. The lowest BCUT2D eigenvalue weighted by Crippen LogP contribution is -2.48. The summed E-state index contributed by atoms with van der Waals surface area (Å²) in [6.45, 7) is 6.57. The van der Waals surface area contributed by atoms with E-state index >= 15 is 0 Å². The van der Waals surface area contributed by atoms with E-state index in [0.717, 1.165) is 26.1 Å². The Balaban J connectivity index is 2.29. The van der Waals surface area contributed by atoms with Gasteiger partial charge in [0.25, 0.3) is 0 Å². The number of ether oxygens (including phenoxy) is 2. The molecule has 0 bridgehead atoms. The topological polar surface area (TPSA) is 56.5 Å².